The molecule has 0 aromatic heterocycles. The molecule has 2 bridgehead atoms. The van der Waals surface area contributed by atoms with Crippen molar-refractivity contribution in [1.82, 2.24) is 5.32 Å². The van der Waals surface area contributed by atoms with Gasteiger partial charge in [-0.25, -0.2) is 0 Å². The van der Waals surface area contributed by atoms with Gasteiger partial charge >= 0.3 is 5.97 Å². The van der Waals surface area contributed by atoms with Gasteiger partial charge < -0.3 is 15.2 Å². The molecule has 1 aliphatic heterocycles. The zero-order valence-corrected chi connectivity index (χ0v) is 12.0. The Morgan fingerprint density at radius 2 is 2.00 bits per heavy atom. The second-order valence-electron chi connectivity index (χ2n) is 7.46. The van der Waals surface area contributed by atoms with Gasteiger partial charge in [0.1, 0.15) is 0 Å². The Morgan fingerprint density at radius 3 is 2.70 bits per heavy atom. The van der Waals surface area contributed by atoms with E-state index >= 15 is 0 Å². The second-order valence-corrected chi connectivity index (χ2v) is 7.46. The van der Waals surface area contributed by atoms with Crippen LogP contribution in [0, 0.1) is 17.8 Å². The smallest absolute Gasteiger partial charge is 0.308 e. The number of carboxylic acid groups (broad SMARTS) is 1. The molecule has 1 saturated heterocycles. The third kappa shape index (κ3) is 2.00. The second kappa shape index (κ2) is 4.70. The van der Waals surface area contributed by atoms with E-state index < -0.39 is 5.97 Å². The van der Waals surface area contributed by atoms with E-state index in [1.807, 2.05) is 0 Å². The lowest BCUT2D eigenvalue weighted by Crippen LogP contribution is -2.55. The Kier molecular flexibility index (Phi) is 3.08. The van der Waals surface area contributed by atoms with Crippen LogP contribution in [0.15, 0.2) is 0 Å². The molecule has 20 heavy (non-hydrogen) atoms. The van der Waals surface area contributed by atoms with Crippen molar-refractivity contribution in [3.63, 3.8) is 0 Å². The molecule has 3 saturated carbocycles. The first kappa shape index (κ1) is 13.1. The van der Waals surface area contributed by atoms with Crippen molar-refractivity contribution in [2.24, 2.45) is 17.8 Å². The summed E-state index contributed by atoms with van der Waals surface area (Å²) in [7, 11) is 0. The Bertz CT molecular complexity index is 407. The first-order valence-electron chi connectivity index (χ1n) is 8.30. The maximum Gasteiger partial charge on any atom is 0.308 e. The molecule has 1 spiro atoms. The number of carbonyl (C=O) groups is 1. The van der Waals surface area contributed by atoms with Crippen molar-refractivity contribution < 1.29 is 14.6 Å². The minimum absolute atomic E-state index is 0.145. The fourth-order valence-electron chi connectivity index (χ4n) is 5.25. The third-order valence-corrected chi connectivity index (χ3v) is 6.39. The van der Waals surface area contributed by atoms with Gasteiger partial charge in [-0.3, -0.25) is 4.79 Å². The summed E-state index contributed by atoms with van der Waals surface area (Å²) in [6, 6.07) is 0.682. The van der Waals surface area contributed by atoms with Crippen LogP contribution in [0.5, 0.6) is 0 Å². The van der Waals surface area contributed by atoms with E-state index in [9.17, 15) is 9.90 Å². The van der Waals surface area contributed by atoms with Gasteiger partial charge in [0, 0.05) is 18.7 Å². The highest BCUT2D eigenvalue weighted by atomic mass is 16.5. The van der Waals surface area contributed by atoms with Crippen molar-refractivity contribution in [2.45, 2.75) is 69.1 Å². The van der Waals surface area contributed by atoms with Crippen LogP contribution in [0.3, 0.4) is 0 Å². The van der Waals surface area contributed by atoms with E-state index in [1.165, 1.54) is 25.7 Å². The molecule has 1 heterocycles. The van der Waals surface area contributed by atoms with E-state index in [0.29, 0.717) is 17.9 Å². The number of nitrogens with one attached hydrogen (secondary N) is 1. The summed E-state index contributed by atoms with van der Waals surface area (Å²) in [6.07, 6.45) is 9.29. The van der Waals surface area contributed by atoms with Crippen molar-refractivity contribution >= 4 is 5.97 Å². The van der Waals surface area contributed by atoms with Crippen molar-refractivity contribution in [2.75, 3.05) is 6.61 Å². The summed E-state index contributed by atoms with van der Waals surface area (Å²) in [5, 5.41) is 13.3. The summed E-state index contributed by atoms with van der Waals surface area (Å²) in [5.41, 5.74) is 0.145. The summed E-state index contributed by atoms with van der Waals surface area (Å²) < 4.78 is 5.98. The lowest BCUT2D eigenvalue weighted by atomic mass is 9.73. The van der Waals surface area contributed by atoms with E-state index in [2.05, 4.69) is 5.32 Å². The fourth-order valence-corrected chi connectivity index (χ4v) is 5.25. The molecule has 4 fully saturated rings. The molecule has 3 aliphatic carbocycles. The molecule has 4 rings (SSSR count). The minimum Gasteiger partial charge on any atom is -0.481 e. The van der Waals surface area contributed by atoms with Gasteiger partial charge in [0.25, 0.3) is 0 Å². The highest BCUT2D eigenvalue weighted by Gasteiger charge is 2.52. The Morgan fingerprint density at radius 1 is 1.20 bits per heavy atom. The molecule has 0 aromatic carbocycles. The molecule has 2 N–H and O–H groups in total. The zero-order chi connectivity index (χ0) is 13.7. The summed E-state index contributed by atoms with van der Waals surface area (Å²) in [5.74, 6) is 0.294. The van der Waals surface area contributed by atoms with E-state index in [1.54, 1.807) is 0 Å². The van der Waals surface area contributed by atoms with Gasteiger partial charge in [-0.2, -0.15) is 0 Å². The average molecular weight is 279 g/mol. The molecule has 5 atom stereocenters. The number of rotatable bonds is 3. The molecule has 0 radical (unpaired) electrons. The molecule has 0 amide bonds. The van der Waals surface area contributed by atoms with Crippen LogP contribution >= 0.6 is 0 Å². The predicted molar refractivity (Wildman–Crippen MR) is 74.4 cm³/mol. The first-order valence-corrected chi connectivity index (χ1v) is 8.30. The van der Waals surface area contributed by atoms with E-state index in [0.717, 1.165) is 32.3 Å². The van der Waals surface area contributed by atoms with Crippen LogP contribution in [0.25, 0.3) is 0 Å². The minimum atomic E-state index is -0.583. The van der Waals surface area contributed by atoms with Gasteiger partial charge in [0.15, 0.2) is 0 Å². The monoisotopic (exact) mass is 279 g/mol. The van der Waals surface area contributed by atoms with E-state index in [-0.39, 0.29) is 17.6 Å². The maximum absolute atomic E-state index is 11.6. The number of carboxylic acids is 1. The molecular weight excluding hydrogens is 254 g/mol. The van der Waals surface area contributed by atoms with Crippen molar-refractivity contribution in [3.05, 3.63) is 0 Å². The molecular formula is C16H25NO3. The van der Waals surface area contributed by atoms with Gasteiger partial charge in [-0.1, -0.05) is 0 Å². The number of fused-ring (bicyclic) bond motifs is 2. The normalized spacial score (nSPS) is 45.5. The fraction of sp³-hybridized carbons (Fsp3) is 0.938. The third-order valence-electron chi connectivity index (χ3n) is 6.39. The molecule has 4 nitrogen and oxygen atoms in total. The van der Waals surface area contributed by atoms with Crippen molar-refractivity contribution in [3.8, 4) is 0 Å². The van der Waals surface area contributed by atoms with Crippen molar-refractivity contribution in [1.29, 1.82) is 0 Å². The molecule has 4 aliphatic rings. The average Bonchev–Trinajstić information content (AvgIpc) is 2.98. The topological polar surface area (TPSA) is 58.6 Å². The Balaban J connectivity index is 1.44. The van der Waals surface area contributed by atoms with Gasteiger partial charge in [0.05, 0.1) is 11.5 Å². The summed E-state index contributed by atoms with van der Waals surface area (Å²) in [4.78, 5) is 11.6. The van der Waals surface area contributed by atoms with Crippen LogP contribution in [-0.4, -0.2) is 35.4 Å². The highest BCUT2D eigenvalue weighted by molar-refractivity contribution is 5.72. The molecule has 0 aromatic rings. The van der Waals surface area contributed by atoms with Crippen LogP contribution < -0.4 is 5.32 Å². The maximum atomic E-state index is 11.6. The van der Waals surface area contributed by atoms with Crippen LogP contribution in [0.4, 0.5) is 0 Å². The molecule has 5 unspecified atom stereocenters. The van der Waals surface area contributed by atoms with Gasteiger partial charge in [-0.15, -0.1) is 0 Å². The van der Waals surface area contributed by atoms with E-state index in [4.69, 9.17) is 4.74 Å². The Labute approximate surface area is 120 Å². The van der Waals surface area contributed by atoms with Gasteiger partial charge in [-0.05, 0) is 63.2 Å². The lowest BCUT2D eigenvalue weighted by molar-refractivity contribution is -0.146. The number of hydrogen-bond acceptors (Lipinski definition) is 3. The molecule has 4 heteroatoms. The largest absolute Gasteiger partial charge is 0.481 e. The number of ether oxygens (including phenoxy) is 1. The molecule has 112 valence electrons. The standard InChI is InChI=1S/C16H25NO3/c18-15(19)13-10-2-3-11(8-10)14(13)17-12-4-7-20-16(9-12)5-1-6-16/h10-14,17H,1-9H2,(H,18,19). The summed E-state index contributed by atoms with van der Waals surface area (Å²) >= 11 is 0. The lowest BCUT2D eigenvalue weighted by Gasteiger charge is -2.48. The highest BCUT2D eigenvalue weighted by Crippen LogP contribution is 2.49. The first-order chi connectivity index (χ1) is 9.67. The quantitative estimate of drug-likeness (QED) is 0.831. The number of hydrogen-bond donors (Lipinski definition) is 2. The summed E-state index contributed by atoms with van der Waals surface area (Å²) in [6.45, 7) is 0.843. The zero-order valence-electron chi connectivity index (χ0n) is 12.0. The van der Waals surface area contributed by atoms with Crippen LogP contribution in [0.2, 0.25) is 0 Å². The Hall–Kier alpha value is -0.610. The predicted octanol–water partition coefficient (Wildman–Crippen LogP) is 2.18. The van der Waals surface area contributed by atoms with Crippen LogP contribution in [0.1, 0.15) is 51.4 Å². The SMILES string of the molecule is O=C(O)C1C2CCC(C2)C1NC1CCOC2(CCC2)C1. The van der Waals surface area contributed by atoms with Crippen LogP contribution in [-0.2, 0) is 9.53 Å². The number of aliphatic carboxylic acids is 1. The van der Waals surface area contributed by atoms with Gasteiger partial charge in [0.2, 0.25) is 0 Å².